The van der Waals surface area contributed by atoms with Crippen LogP contribution in [0.2, 0.25) is 0 Å². The Labute approximate surface area is 140 Å². The van der Waals surface area contributed by atoms with E-state index >= 15 is 0 Å². The van der Waals surface area contributed by atoms with E-state index < -0.39 is 0 Å². The predicted molar refractivity (Wildman–Crippen MR) is 103 cm³/mol. The molecular weight excluding hydrogens is 266 g/mol. The van der Waals surface area contributed by atoms with Crippen LogP contribution in [-0.4, -0.2) is 12.8 Å². The van der Waals surface area contributed by atoms with E-state index in [1.807, 2.05) is 6.21 Å². The number of unbranched alkanes of at least 4 members (excludes halogenated alkanes) is 12. The minimum absolute atomic E-state index is 1.04. The third kappa shape index (κ3) is 19.4. The highest BCUT2D eigenvalue weighted by atomic mass is 14.7. The van der Waals surface area contributed by atoms with Crippen molar-refractivity contribution in [2.24, 2.45) is 4.99 Å². The zero-order valence-electron chi connectivity index (χ0n) is 15.5. The molecule has 0 aliphatic heterocycles. The van der Waals surface area contributed by atoms with Crippen molar-refractivity contribution >= 4 is 6.21 Å². The van der Waals surface area contributed by atoms with Crippen molar-refractivity contribution in [3.05, 3.63) is 12.2 Å². The molecule has 0 bridgehead atoms. The van der Waals surface area contributed by atoms with Gasteiger partial charge in [0.15, 0.2) is 0 Å². The van der Waals surface area contributed by atoms with E-state index in [0.29, 0.717) is 0 Å². The van der Waals surface area contributed by atoms with Crippen molar-refractivity contribution in [2.75, 3.05) is 6.54 Å². The molecule has 0 radical (unpaired) electrons. The smallest absolute Gasteiger partial charge is 0.0385 e. The minimum Gasteiger partial charge on any atom is -0.298 e. The van der Waals surface area contributed by atoms with Crippen LogP contribution in [0.15, 0.2) is 17.1 Å². The zero-order chi connectivity index (χ0) is 16.1. The number of nitrogens with zero attached hydrogens (tertiary/aromatic N) is 1. The SMILES string of the molecule is CCC=NCCCCCCCC/C=C/CCCCCCCC. The summed E-state index contributed by atoms with van der Waals surface area (Å²) in [5.74, 6) is 0. The largest absolute Gasteiger partial charge is 0.298 e. The quantitative estimate of drug-likeness (QED) is 0.150. The fourth-order valence-corrected chi connectivity index (χ4v) is 2.67. The number of hydrogen-bond acceptors (Lipinski definition) is 1. The summed E-state index contributed by atoms with van der Waals surface area (Å²) in [7, 11) is 0. The van der Waals surface area contributed by atoms with Crippen LogP contribution < -0.4 is 0 Å². The first-order valence-electron chi connectivity index (χ1n) is 10.0. The molecule has 0 aliphatic rings. The molecule has 0 heterocycles. The van der Waals surface area contributed by atoms with Crippen molar-refractivity contribution in [1.29, 1.82) is 0 Å². The van der Waals surface area contributed by atoms with Crippen LogP contribution in [0.5, 0.6) is 0 Å². The Morgan fingerprint density at radius 1 is 0.591 bits per heavy atom. The summed E-state index contributed by atoms with van der Waals surface area (Å²) in [6, 6.07) is 0. The molecule has 0 saturated heterocycles. The second kappa shape index (κ2) is 20.4. The van der Waals surface area contributed by atoms with Gasteiger partial charge in [0.2, 0.25) is 0 Å². The third-order valence-corrected chi connectivity index (χ3v) is 4.11. The van der Waals surface area contributed by atoms with Crippen molar-refractivity contribution in [3.63, 3.8) is 0 Å². The Hall–Kier alpha value is -0.590. The Kier molecular flexibility index (Phi) is 19.9. The van der Waals surface area contributed by atoms with Crippen LogP contribution in [-0.2, 0) is 0 Å². The molecule has 130 valence electrons. The molecule has 0 fully saturated rings. The van der Waals surface area contributed by atoms with Crippen LogP contribution in [0.3, 0.4) is 0 Å². The highest BCUT2D eigenvalue weighted by Crippen LogP contribution is 2.09. The molecule has 0 aromatic heterocycles. The molecule has 0 spiro atoms. The maximum atomic E-state index is 4.36. The number of allylic oxidation sites excluding steroid dienone is 2. The lowest BCUT2D eigenvalue weighted by molar-refractivity contribution is 0.599. The van der Waals surface area contributed by atoms with Gasteiger partial charge in [-0.25, -0.2) is 0 Å². The lowest BCUT2D eigenvalue weighted by Gasteiger charge is -1.99. The highest BCUT2D eigenvalue weighted by molar-refractivity contribution is 5.56. The second-order valence-electron chi connectivity index (χ2n) is 6.43. The molecular formula is C21H41N. The molecule has 0 aromatic rings. The van der Waals surface area contributed by atoms with Crippen LogP contribution in [0.25, 0.3) is 0 Å². The van der Waals surface area contributed by atoms with Gasteiger partial charge in [0.1, 0.15) is 0 Å². The standard InChI is InChI=1S/C21H41N/c1-3-5-6-7-8-9-10-11-12-13-14-15-16-17-18-19-21-22-20-4-2/h11-12,20H,3-10,13-19,21H2,1-2H3/b12-11+,22-20?. The fraction of sp³-hybridized carbons (Fsp3) is 0.857. The summed E-state index contributed by atoms with van der Waals surface area (Å²) >= 11 is 0. The van der Waals surface area contributed by atoms with Crippen LogP contribution in [0.1, 0.15) is 110 Å². The van der Waals surface area contributed by atoms with E-state index in [1.165, 1.54) is 89.9 Å². The molecule has 0 atom stereocenters. The third-order valence-electron chi connectivity index (χ3n) is 4.11. The first-order chi connectivity index (χ1) is 10.9. The Morgan fingerprint density at radius 2 is 1.09 bits per heavy atom. The molecule has 0 amide bonds. The maximum Gasteiger partial charge on any atom is 0.0385 e. The van der Waals surface area contributed by atoms with E-state index in [0.717, 1.165) is 13.0 Å². The lowest BCUT2D eigenvalue weighted by Crippen LogP contribution is -1.84. The topological polar surface area (TPSA) is 12.4 Å². The van der Waals surface area contributed by atoms with Crippen molar-refractivity contribution in [3.8, 4) is 0 Å². The van der Waals surface area contributed by atoms with Crippen LogP contribution >= 0.6 is 0 Å². The van der Waals surface area contributed by atoms with Crippen LogP contribution in [0.4, 0.5) is 0 Å². The summed E-state index contributed by atoms with van der Waals surface area (Å²) in [5.41, 5.74) is 0. The first kappa shape index (κ1) is 21.4. The first-order valence-corrected chi connectivity index (χ1v) is 10.0. The van der Waals surface area contributed by atoms with Gasteiger partial charge in [-0.15, -0.1) is 0 Å². The average Bonchev–Trinajstić information content (AvgIpc) is 2.54. The summed E-state index contributed by atoms with van der Waals surface area (Å²) in [6.45, 7) is 5.46. The molecule has 0 rings (SSSR count). The van der Waals surface area contributed by atoms with E-state index in [-0.39, 0.29) is 0 Å². The fourth-order valence-electron chi connectivity index (χ4n) is 2.67. The lowest BCUT2D eigenvalue weighted by atomic mass is 10.1. The number of aliphatic imine (C=N–C) groups is 1. The molecule has 0 aliphatic carbocycles. The molecule has 0 saturated carbocycles. The molecule has 22 heavy (non-hydrogen) atoms. The summed E-state index contributed by atoms with van der Waals surface area (Å²) in [6.07, 6.45) is 27.2. The summed E-state index contributed by atoms with van der Waals surface area (Å²) in [4.78, 5) is 4.36. The Morgan fingerprint density at radius 3 is 1.64 bits per heavy atom. The highest BCUT2D eigenvalue weighted by Gasteiger charge is 1.91. The maximum absolute atomic E-state index is 4.36. The van der Waals surface area contributed by atoms with Gasteiger partial charge in [0.25, 0.3) is 0 Å². The number of rotatable bonds is 17. The van der Waals surface area contributed by atoms with Gasteiger partial charge in [-0.1, -0.05) is 83.8 Å². The van der Waals surface area contributed by atoms with Gasteiger partial charge in [-0.05, 0) is 44.7 Å². The normalized spacial score (nSPS) is 11.9. The van der Waals surface area contributed by atoms with Crippen molar-refractivity contribution < 1.29 is 0 Å². The Bertz CT molecular complexity index is 242. The van der Waals surface area contributed by atoms with Gasteiger partial charge >= 0.3 is 0 Å². The van der Waals surface area contributed by atoms with E-state index in [4.69, 9.17) is 0 Å². The van der Waals surface area contributed by atoms with Gasteiger partial charge in [-0.3, -0.25) is 4.99 Å². The predicted octanol–water partition coefficient (Wildman–Crippen LogP) is 7.50. The van der Waals surface area contributed by atoms with E-state index in [2.05, 4.69) is 31.0 Å². The summed E-state index contributed by atoms with van der Waals surface area (Å²) < 4.78 is 0. The van der Waals surface area contributed by atoms with Gasteiger partial charge in [-0.2, -0.15) is 0 Å². The molecule has 0 unspecified atom stereocenters. The zero-order valence-corrected chi connectivity index (χ0v) is 15.5. The second-order valence-corrected chi connectivity index (χ2v) is 6.43. The summed E-state index contributed by atoms with van der Waals surface area (Å²) in [5, 5.41) is 0. The average molecular weight is 308 g/mol. The number of hydrogen-bond donors (Lipinski definition) is 0. The molecule has 0 aromatic carbocycles. The van der Waals surface area contributed by atoms with E-state index in [9.17, 15) is 0 Å². The molecule has 0 N–H and O–H groups in total. The van der Waals surface area contributed by atoms with Crippen LogP contribution in [0, 0.1) is 0 Å². The molecule has 1 nitrogen and oxygen atoms in total. The minimum atomic E-state index is 1.04. The van der Waals surface area contributed by atoms with Gasteiger partial charge in [0, 0.05) is 6.54 Å². The van der Waals surface area contributed by atoms with E-state index in [1.54, 1.807) is 0 Å². The van der Waals surface area contributed by atoms with Crippen molar-refractivity contribution in [1.82, 2.24) is 0 Å². The monoisotopic (exact) mass is 307 g/mol. The molecule has 1 heteroatoms. The van der Waals surface area contributed by atoms with Crippen molar-refractivity contribution in [2.45, 2.75) is 110 Å². The Balaban J connectivity index is 3.06. The van der Waals surface area contributed by atoms with Gasteiger partial charge < -0.3 is 0 Å². The van der Waals surface area contributed by atoms with Gasteiger partial charge in [0.05, 0.1) is 0 Å².